The predicted molar refractivity (Wildman–Crippen MR) is 159 cm³/mol. The number of hydrogen-bond acceptors (Lipinski definition) is 11. The Morgan fingerprint density at radius 1 is 1.00 bits per heavy atom. The molecule has 1 heterocycles. The molecule has 11 heteroatoms. The number of esters is 2. The topological polar surface area (TPSA) is 133 Å². The highest BCUT2D eigenvalue weighted by molar-refractivity contribution is 5.89. The Labute approximate surface area is 264 Å². The maximum atomic E-state index is 13.7. The summed E-state index contributed by atoms with van der Waals surface area (Å²) in [5, 5.41) is 24.8. The lowest BCUT2D eigenvalue weighted by molar-refractivity contribution is -0.300. The summed E-state index contributed by atoms with van der Waals surface area (Å²) in [6.45, 7) is 5.08. The third-order valence-corrected chi connectivity index (χ3v) is 13.1. The van der Waals surface area contributed by atoms with Gasteiger partial charge < -0.3 is 38.6 Å². The fraction of sp³-hybridized carbons (Fsp3) is 0.765. The number of nitrogens with zero attached hydrogens (tertiary/aromatic N) is 1. The van der Waals surface area contributed by atoms with E-state index in [9.17, 15) is 19.8 Å². The van der Waals surface area contributed by atoms with Gasteiger partial charge in [0.05, 0.1) is 36.6 Å². The lowest BCUT2D eigenvalue weighted by atomic mass is 9.42. The number of rotatable bonds is 9. The lowest BCUT2D eigenvalue weighted by Crippen LogP contribution is -2.79. The van der Waals surface area contributed by atoms with Crippen LogP contribution in [0.1, 0.15) is 43.5 Å². The molecule has 1 aromatic rings. The molecule has 0 radical (unpaired) electrons. The molecule has 2 N–H and O–H groups in total. The van der Waals surface area contributed by atoms with Gasteiger partial charge in [0.2, 0.25) is 0 Å². The van der Waals surface area contributed by atoms with Gasteiger partial charge in [-0.2, -0.15) is 0 Å². The molecule has 1 aromatic carbocycles. The first-order valence-corrected chi connectivity index (χ1v) is 16.2. The number of ether oxygens (including phenoxy) is 6. The normalized spacial score (nSPS) is 49.1. The number of likely N-dealkylation sites (tertiary alicyclic amines) is 1. The van der Waals surface area contributed by atoms with Crippen molar-refractivity contribution in [1.29, 1.82) is 0 Å². The molecule has 5 aliphatic carbocycles. The smallest absolute Gasteiger partial charge is 0.338 e. The van der Waals surface area contributed by atoms with Gasteiger partial charge in [0, 0.05) is 89.4 Å². The van der Waals surface area contributed by atoms with Gasteiger partial charge in [-0.1, -0.05) is 25.1 Å². The second-order valence-corrected chi connectivity index (χ2v) is 14.4. The molecule has 1 aliphatic heterocycles. The molecule has 7 bridgehead atoms. The molecular weight excluding hydrogens is 582 g/mol. The van der Waals surface area contributed by atoms with Crippen LogP contribution < -0.4 is 0 Å². The van der Waals surface area contributed by atoms with Gasteiger partial charge in [0.15, 0.2) is 0 Å². The lowest BCUT2D eigenvalue weighted by Gasteiger charge is -2.70. The van der Waals surface area contributed by atoms with E-state index in [1.54, 1.807) is 52.7 Å². The molecule has 14 atom stereocenters. The van der Waals surface area contributed by atoms with Crippen LogP contribution in [0.15, 0.2) is 30.3 Å². The molecule has 1 spiro atoms. The van der Waals surface area contributed by atoms with Crippen LogP contribution in [0, 0.1) is 34.5 Å². The molecule has 45 heavy (non-hydrogen) atoms. The van der Waals surface area contributed by atoms with Crippen LogP contribution in [-0.2, 0) is 33.2 Å². The Morgan fingerprint density at radius 3 is 2.31 bits per heavy atom. The number of carbonyl (C=O) groups excluding carboxylic acids is 2. The molecule has 5 saturated carbocycles. The first kappa shape index (κ1) is 31.5. The average molecular weight is 630 g/mol. The second-order valence-electron chi connectivity index (χ2n) is 14.4. The Morgan fingerprint density at radius 2 is 1.71 bits per heavy atom. The van der Waals surface area contributed by atoms with Gasteiger partial charge >= 0.3 is 11.9 Å². The monoisotopic (exact) mass is 629 g/mol. The van der Waals surface area contributed by atoms with E-state index >= 15 is 0 Å². The van der Waals surface area contributed by atoms with E-state index in [-0.39, 0.29) is 30.7 Å². The number of piperidine rings is 1. The SMILES string of the molecule is CCN1C[C@]2(COC)C(O)CC(OC)C34[C@@H]5C[C@]6(O)C(OC)C[C@](OC(C)=O)(C(C(OC)[C@@H]32)[C@@H]14)[C@H]5C6OC(=O)c1ccccc1. The molecule has 7 rings (SSSR count). The minimum absolute atomic E-state index is 0.163. The van der Waals surface area contributed by atoms with E-state index in [0.717, 1.165) is 0 Å². The summed E-state index contributed by atoms with van der Waals surface area (Å²) in [5.41, 5.74) is -3.74. The van der Waals surface area contributed by atoms with E-state index in [0.29, 0.717) is 31.7 Å². The van der Waals surface area contributed by atoms with Crippen molar-refractivity contribution in [3.05, 3.63) is 35.9 Å². The highest BCUT2D eigenvalue weighted by Crippen LogP contribution is 2.80. The largest absolute Gasteiger partial charge is 0.458 e. The Bertz CT molecular complexity index is 1330. The number of aliphatic hydroxyl groups excluding tert-OH is 1. The maximum Gasteiger partial charge on any atom is 0.338 e. The standard InChI is InChI=1S/C34H47NO10/c1-7-35-16-31(17-40-3)21(37)13-22(41-4)34-20-14-32(39)23(42-5)15-33(45-18(2)36,25(28(34)35)26(43-6)27(31)34)24(20)29(32)44-30(38)19-11-9-8-10-12-19/h8-12,20-29,37,39H,7,13-17H2,1-6H3/t20-,21?,22?,23?,24-,25?,26?,27-,28-,29?,31+,32+,33-,34?/m1/s1. The highest BCUT2D eigenvalue weighted by Gasteiger charge is 2.90. The van der Waals surface area contributed by atoms with Crippen molar-refractivity contribution in [3.63, 3.8) is 0 Å². The number of benzene rings is 1. The minimum Gasteiger partial charge on any atom is -0.458 e. The zero-order chi connectivity index (χ0) is 32.1. The zero-order valence-corrected chi connectivity index (χ0v) is 27.0. The third kappa shape index (κ3) is 3.72. The minimum atomic E-state index is -1.55. The summed E-state index contributed by atoms with van der Waals surface area (Å²) in [6, 6.07) is 8.56. The van der Waals surface area contributed by atoms with Crippen molar-refractivity contribution >= 4 is 11.9 Å². The number of aliphatic hydroxyl groups is 2. The van der Waals surface area contributed by atoms with Crippen LogP contribution in [0.3, 0.4) is 0 Å². The van der Waals surface area contributed by atoms with Crippen molar-refractivity contribution in [1.82, 2.24) is 4.90 Å². The molecule has 248 valence electrons. The number of carbonyl (C=O) groups is 2. The summed E-state index contributed by atoms with van der Waals surface area (Å²) >= 11 is 0. The second kappa shape index (κ2) is 10.7. The summed E-state index contributed by atoms with van der Waals surface area (Å²) < 4.78 is 37.9. The summed E-state index contributed by atoms with van der Waals surface area (Å²) in [6.07, 6.45) is -2.55. The van der Waals surface area contributed by atoms with Gasteiger partial charge in [0.1, 0.15) is 17.3 Å². The number of fused-ring (bicyclic) bond motifs is 2. The summed E-state index contributed by atoms with van der Waals surface area (Å²) in [5.74, 6) is -2.55. The molecule has 0 amide bonds. The van der Waals surface area contributed by atoms with Crippen LogP contribution in [0.25, 0.3) is 0 Å². The van der Waals surface area contributed by atoms with E-state index in [2.05, 4.69) is 11.8 Å². The maximum absolute atomic E-state index is 13.7. The summed E-state index contributed by atoms with van der Waals surface area (Å²) in [7, 11) is 6.58. The quantitative estimate of drug-likeness (QED) is 0.387. The van der Waals surface area contributed by atoms with Crippen molar-refractivity contribution in [2.75, 3.05) is 48.1 Å². The Balaban J connectivity index is 1.50. The van der Waals surface area contributed by atoms with Gasteiger partial charge in [0.25, 0.3) is 0 Å². The highest BCUT2D eigenvalue weighted by atomic mass is 16.6. The van der Waals surface area contributed by atoms with Crippen molar-refractivity contribution in [2.24, 2.45) is 34.5 Å². The first-order chi connectivity index (χ1) is 21.5. The van der Waals surface area contributed by atoms with Crippen LogP contribution in [-0.4, -0.2) is 123 Å². The van der Waals surface area contributed by atoms with E-state index < -0.39 is 76.3 Å². The van der Waals surface area contributed by atoms with Crippen molar-refractivity contribution < 1.29 is 48.2 Å². The van der Waals surface area contributed by atoms with E-state index in [1.807, 2.05) is 6.07 Å². The number of hydrogen-bond donors (Lipinski definition) is 2. The van der Waals surface area contributed by atoms with E-state index in [4.69, 9.17) is 28.4 Å². The molecule has 6 fully saturated rings. The Hall–Kier alpha value is -2.12. The molecule has 6 aliphatic rings. The van der Waals surface area contributed by atoms with Gasteiger partial charge in [-0.25, -0.2) is 4.79 Å². The van der Waals surface area contributed by atoms with Crippen molar-refractivity contribution in [3.8, 4) is 0 Å². The third-order valence-electron chi connectivity index (χ3n) is 13.1. The van der Waals surface area contributed by atoms with E-state index in [1.165, 1.54) is 6.92 Å². The molecule has 11 nitrogen and oxygen atoms in total. The zero-order valence-electron chi connectivity index (χ0n) is 27.0. The van der Waals surface area contributed by atoms with Crippen molar-refractivity contribution in [2.45, 2.75) is 80.9 Å². The van der Waals surface area contributed by atoms with Gasteiger partial charge in [-0.05, 0) is 31.0 Å². The number of methoxy groups -OCH3 is 4. The molecule has 0 aromatic heterocycles. The fourth-order valence-corrected chi connectivity index (χ4v) is 12.2. The van der Waals surface area contributed by atoms with Gasteiger partial charge in [-0.15, -0.1) is 0 Å². The average Bonchev–Trinajstić information content (AvgIpc) is 3.40. The first-order valence-electron chi connectivity index (χ1n) is 16.2. The predicted octanol–water partition coefficient (Wildman–Crippen LogP) is 1.68. The van der Waals surface area contributed by atoms with Crippen LogP contribution >= 0.6 is 0 Å². The molecular formula is C34H47NO10. The Kier molecular flexibility index (Phi) is 7.48. The van der Waals surface area contributed by atoms with Crippen LogP contribution in [0.2, 0.25) is 0 Å². The molecule has 1 saturated heterocycles. The fourth-order valence-electron chi connectivity index (χ4n) is 12.2. The van der Waals surface area contributed by atoms with Crippen LogP contribution in [0.4, 0.5) is 0 Å². The summed E-state index contributed by atoms with van der Waals surface area (Å²) in [4.78, 5) is 29.3. The molecule has 7 unspecified atom stereocenters. The van der Waals surface area contributed by atoms with Gasteiger partial charge in [-0.3, -0.25) is 9.69 Å². The van der Waals surface area contributed by atoms with Crippen LogP contribution in [0.5, 0.6) is 0 Å².